The predicted molar refractivity (Wildman–Crippen MR) is 96.2 cm³/mol. The van der Waals surface area contributed by atoms with Crippen LogP contribution in [0.3, 0.4) is 0 Å². The molecular weight excluding hydrogens is 334 g/mol. The molecule has 0 saturated carbocycles. The summed E-state index contributed by atoms with van der Waals surface area (Å²) in [5, 5.41) is 19.8. The Morgan fingerprint density at radius 3 is 2.78 bits per heavy atom. The summed E-state index contributed by atoms with van der Waals surface area (Å²) >= 11 is 6.22. The third-order valence-electron chi connectivity index (χ3n) is 4.61. The second kappa shape index (κ2) is 5.21. The minimum atomic E-state index is -2.33. The van der Waals surface area contributed by atoms with Gasteiger partial charge < -0.3 is 5.11 Å². The fourth-order valence-electron chi connectivity index (χ4n) is 3.82. The highest BCUT2D eigenvalue weighted by Gasteiger charge is 2.46. The maximum atomic E-state index is 12.4. The summed E-state index contributed by atoms with van der Waals surface area (Å²) in [6.07, 6.45) is 4.24. The van der Waals surface area contributed by atoms with E-state index in [4.69, 9.17) is 11.6 Å². The Bertz CT molecular complexity index is 859. The van der Waals surface area contributed by atoms with E-state index in [1.165, 1.54) is 0 Å². The zero-order valence-corrected chi connectivity index (χ0v) is 15.2. The van der Waals surface area contributed by atoms with Crippen molar-refractivity contribution < 1.29 is 9.32 Å². The highest BCUT2D eigenvalue weighted by molar-refractivity contribution is 7.97. The van der Waals surface area contributed by atoms with Gasteiger partial charge in [-0.05, 0) is 44.7 Å². The average molecular weight is 356 g/mol. The summed E-state index contributed by atoms with van der Waals surface area (Å²) in [5.74, 6) is 3.80. The number of hydrogen-bond acceptors (Lipinski definition) is 3. The van der Waals surface area contributed by atoms with Crippen molar-refractivity contribution >= 4 is 38.1 Å². The molecule has 0 aliphatic carbocycles. The van der Waals surface area contributed by atoms with Crippen LogP contribution in [-0.2, 0) is 15.3 Å². The molecule has 1 aliphatic rings. The van der Waals surface area contributed by atoms with Crippen LogP contribution in [-0.4, -0.2) is 48.0 Å². The Kier molecular flexibility index (Phi) is 3.80. The number of aliphatic hydroxyl groups is 1. The molecule has 0 radical (unpaired) electrons. The molecule has 3 rings (SSSR count). The van der Waals surface area contributed by atoms with Crippen LogP contribution >= 0.6 is 11.6 Å². The minimum absolute atomic E-state index is 0.439. The molecule has 1 saturated heterocycles. The number of H-pyrrole nitrogens is 1. The van der Waals surface area contributed by atoms with Gasteiger partial charge in [-0.3, -0.25) is 9.31 Å². The van der Waals surface area contributed by atoms with Gasteiger partial charge in [0.05, 0.1) is 17.3 Å². The quantitative estimate of drug-likeness (QED) is 0.813. The number of rotatable bonds is 2. The molecule has 7 heteroatoms. The number of aromatic amines is 1. The number of benzene rings is 1. The van der Waals surface area contributed by atoms with Gasteiger partial charge in [-0.25, -0.2) is 4.31 Å². The molecule has 0 amide bonds. The van der Waals surface area contributed by atoms with Crippen molar-refractivity contribution in [2.75, 3.05) is 12.8 Å². The summed E-state index contributed by atoms with van der Waals surface area (Å²) in [6.45, 7) is 4.48. The van der Waals surface area contributed by atoms with Crippen LogP contribution in [0.15, 0.2) is 18.3 Å². The van der Waals surface area contributed by atoms with Crippen molar-refractivity contribution in [1.82, 2.24) is 14.5 Å². The van der Waals surface area contributed by atoms with Crippen molar-refractivity contribution in [2.45, 2.75) is 37.8 Å². The lowest BCUT2D eigenvalue weighted by Gasteiger charge is -2.49. The number of aromatic nitrogens is 2. The lowest BCUT2D eigenvalue weighted by Crippen LogP contribution is -2.56. The van der Waals surface area contributed by atoms with Crippen LogP contribution < -0.4 is 0 Å². The van der Waals surface area contributed by atoms with Crippen LogP contribution in [0.5, 0.6) is 0 Å². The van der Waals surface area contributed by atoms with Crippen LogP contribution in [0, 0.1) is 0 Å². The summed E-state index contributed by atoms with van der Waals surface area (Å²) in [6, 6.07) is 3.61. The Hall–Kier alpha value is -1.08. The number of fused-ring (bicyclic) bond motifs is 1. The van der Waals surface area contributed by atoms with Crippen molar-refractivity contribution in [1.29, 1.82) is 0 Å². The maximum absolute atomic E-state index is 12.4. The van der Waals surface area contributed by atoms with E-state index in [0.29, 0.717) is 24.4 Å². The van der Waals surface area contributed by atoms with E-state index in [-0.39, 0.29) is 0 Å². The van der Waals surface area contributed by atoms with Gasteiger partial charge in [-0.1, -0.05) is 11.6 Å². The second-order valence-corrected chi connectivity index (χ2v) is 9.92. The highest BCUT2D eigenvalue weighted by atomic mass is 35.5. The van der Waals surface area contributed by atoms with E-state index < -0.39 is 20.8 Å². The largest absolute Gasteiger partial charge is 0.385 e. The number of nitrogens with one attached hydrogen (secondary N) is 1. The molecule has 2 heterocycles. The molecule has 23 heavy (non-hydrogen) atoms. The van der Waals surface area contributed by atoms with Crippen molar-refractivity contribution in [3.05, 3.63) is 28.9 Å². The van der Waals surface area contributed by atoms with Gasteiger partial charge in [0.25, 0.3) is 0 Å². The van der Waals surface area contributed by atoms with Crippen LogP contribution in [0.2, 0.25) is 5.02 Å². The Morgan fingerprint density at radius 1 is 1.48 bits per heavy atom. The SMILES string of the molecule is C=S(C)(=O)N1CCC(O)(c2cc(Cl)cc3cn[nH]c23)CC1(C)C. The van der Waals surface area contributed by atoms with Gasteiger partial charge in [-0.15, -0.1) is 0 Å². The lowest BCUT2D eigenvalue weighted by atomic mass is 9.76. The molecule has 1 aromatic heterocycles. The van der Waals surface area contributed by atoms with Gasteiger partial charge in [0, 0.05) is 44.0 Å². The number of nitrogens with zero attached hydrogens (tertiary/aromatic N) is 2. The molecule has 5 nitrogen and oxygen atoms in total. The molecule has 1 aromatic carbocycles. The van der Waals surface area contributed by atoms with Gasteiger partial charge in [-0.2, -0.15) is 5.10 Å². The van der Waals surface area contributed by atoms with E-state index in [9.17, 15) is 9.32 Å². The van der Waals surface area contributed by atoms with Gasteiger partial charge in [0.1, 0.15) is 0 Å². The zero-order chi connectivity index (χ0) is 17.0. The first-order valence-corrected chi connectivity index (χ1v) is 9.95. The standard InChI is InChI=1S/C16H22ClN3O2S/c1-15(2)10-16(21,5-6-20(15)23(3,4)22)13-8-12(17)7-11-9-18-19-14(11)13/h7-9,21H,3,5-6,10H2,1-2,4H3,(H,18,19). The van der Waals surface area contributed by atoms with E-state index in [1.54, 1.807) is 18.5 Å². The van der Waals surface area contributed by atoms with Gasteiger partial charge in [0.2, 0.25) is 0 Å². The number of halogens is 1. The fourth-order valence-corrected chi connectivity index (χ4v) is 5.63. The molecule has 126 valence electrons. The Balaban J connectivity index is 2.08. The molecular formula is C16H22ClN3O2S. The minimum Gasteiger partial charge on any atom is -0.385 e. The van der Waals surface area contributed by atoms with Gasteiger partial charge in [0.15, 0.2) is 0 Å². The van der Waals surface area contributed by atoms with E-state index in [0.717, 1.165) is 16.5 Å². The molecule has 2 aromatic rings. The van der Waals surface area contributed by atoms with Crippen molar-refractivity contribution in [3.63, 3.8) is 0 Å². The Labute approximate surface area is 141 Å². The van der Waals surface area contributed by atoms with Crippen molar-refractivity contribution in [3.8, 4) is 0 Å². The number of piperidine rings is 1. The third-order valence-corrected chi connectivity index (χ3v) is 6.44. The third kappa shape index (κ3) is 2.89. The summed E-state index contributed by atoms with van der Waals surface area (Å²) in [4.78, 5) is 0. The smallest absolute Gasteiger partial charge is 0.0948 e. The molecule has 1 fully saturated rings. The zero-order valence-electron chi connectivity index (χ0n) is 13.6. The van der Waals surface area contributed by atoms with E-state index in [2.05, 4.69) is 16.1 Å². The topological polar surface area (TPSA) is 69.2 Å². The molecule has 2 atom stereocenters. The molecule has 2 unspecified atom stereocenters. The molecule has 0 bridgehead atoms. The summed E-state index contributed by atoms with van der Waals surface area (Å²) in [7, 11) is -2.33. The molecule has 1 aliphatic heterocycles. The first-order valence-electron chi connectivity index (χ1n) is 7.48. The average Bonchev–Trinajstić information content (AvgIpc) is 2.82. The first kappa shape index (κ1) is 16.8. The molecule has 2 N–H and O–H groups in total. The van der Waals surface area contributed by atoms with Crippen molar-refractivity contribution in [2.24, 2.45) is 0 Å². The second-order valence-electron chi connectivity index (χ2n) is 7.12. The lowest BCUT2D eigenvalue weighted by molar-refractivity contribution is -0.0516. The maximum Gasteiger partial charge on any atom is 0.0948 e. The van der Waals surface area contributed by atoms with E-state index >= 15 is 0 Å². The summed E-state index contributed by atoms with van der Waals surface area (Å²) < 4.78 is 14.3. The first-order chi connectivity index (χ1) is 10.5. The monoisotopic (exact) mass is 355 g/mol. The van der Waals surface area contributed by atoms with Crippen LogP contribution in [0.4, 0.5) is 0 Å². The van der Waals surface area contributed by atoms with Gasteiger partial charge >= 0.3 is 0 Å². The predicted octanol–water partition coefficient (Wildman–Crippen LogP) is 2.54. The fraction of sp³-hybridized carbons (Fsp3) is 0.500. The summed E-state index contributed by atoms with van der Waals surface area (Å²) in [5.41, 5.74) is 0.0419. The van der Waals surface area contributed by atoms with Crippen LogP contribution in [0.25, 0.3) is 10.9 Å². The van der Waals surface area contributed by atoms with Crippen LogP contribution in [0.1, 0.15) is 32.3 Å². The highest BCUT2D eigenvalue weighted by Crippen LogP contribution is 2.44. The normalized spacial score (nSPS) is 27.9. The molecule has 0 spiro atoms. The number of hydrogen-bond donors (Lipinski definition) is 2. The van der Waals surface area contributed by atoms with E-state index in [1.807, 2.05) is 24.2 Å². The Morgan fingerprint density at radius 2 is 2.17 bits per heavy atom.